The van der Waals surface area contributed by atoms with Crippen molar-refractivity contribution in [3.05, 3.63) is 23.3 Å². The lowest BCUT2D eigenvalue weighted by molar-refractivity contribution is 0.243. The molecule has 0 aliphatic heterocycles. The summed E-state index contributed by atoms with van der Waals surface area (Å²) < 4.78 is 10.6. The lowest BCUT2D eigenvalue weighted by atomic mass is 10.1. The van der Waals surface area contributed by atoms with Crippen molar-refractivity contribution in [3.8, 4) is 11.5 Å². The van der Waals surface area contributed by atoms with Crippen LogP contribution < -0.4 is 20.1 Å². The number of amides is 2. The molecule has 1 rings (SSSR count). The molecule has 0 spiro atoms. The monoisotopic (exact) mass is 252 g/mol. The summed E-state index contributed by atoms with van der Waals surface area (Å²) >= 11 is 0. The second kappa shape index (κ2) is 6.74. The van der Waals surface area contributed by atoms with Gasteiger partial charge in [-0.05, 0) is 36.6 Å². The van der Waals surface area contributed by atoms with Crippen molar-refractivity contribution in [1.82, 2.24) is 10.6 Å². The highest BCUT2D eigenvalue weighted by Crippen LogP contribution is 2.28. The van der Waals surface area contributed by atoms with E-state index in [1.807, 2.05) is 19.1 Å². The fourth-order valence-corrected chi connectivity index (χ4v) is 1.71. The Labute approximate surface area is 107 Å². The van der Waals surface area contributed by atoms with Crippen molar-refractivity contribution >= 4 is 6.03 Å². The molecule has 2 N–H and O–H groups in total. The van der Waals surface area contributed by atoms with Crippen molar-refractivity contribution < 1.29 is 14.3 Å². The second-order valence-electron chi connectivity index (χ2n) is 3.89. The molecule has 0 radical (unpaired) electrons. The smallest absolute Gasteiger partial charge is 0.314 e. The van der Waals surface area contributed by atoms with Gasteiger partial charge in [-0.1, -0.05) is 0 Å². The first-order chi connectivity index (χ1) is 8.62. The quantitative estimate of drug-likeness (QED) is 0.834. The van der Waals surface area contributed by atoms with Crippen LogP contribution in [0.3, 0.4) is 0 Å². The standard InChI is InChI=1S/C13H20N2O3/c1-9-7-12(18-4)10(8-11(9)17-3)5-6-15-13(16)14-2/h7-8H,5-6H2,1-4H3,(H2,14,15,16). The van der Waals surface area contributed by atoms with Gasteiger partial charge in [0.15, 0.2) is 0 Å². The van der Waals surface area contributed by atoms with E-state index in [-0.39, 0.29) is 6.03 Å². The molecular formula is C13H20N2O3. The highest BCUT2D eigenvalue weighted by atomic mass is 16.5. The van der Waals surface area contributed by atoms with Gasteiger partial charge in [0, 0.05) is 13.6 Å². The Morgan fingerprint density at radius 3 is 2.44 bits per heavy atom. The number of carbonyl (C=O) groups is 1. The Kier molecular flexibility index (Phi) is 5.30. The summed E-state index contributed by atoms with van der Waals surface area (Å²) in [5, 5.41) is 5.24. The predicted octanol–water partition coefficient (Wildman–Crippen LogP) is 1.48. The predicted molar refractivity (Wildman–Crippen MR) is 70.4 cm³/mol. The molecule has 5 heteroatoms. The van der Waals surface area contributed by atoms with Gasteiger partial charge in [-0.2, -0.15) is 0 Å². The zero-order valence-electron chi connectivity index (χ0n) is 11.3. The van der Waals surface area contributed by atoms with E-state index < -0.39 is 0 Å². The SMILES string of the molecule is CNC(=O)NCCc1cc(OC)c(C)cc1OC. The normalized spacial score (nSPS) is 9.78. The molecule has 100 valence electrons. The van der Waals surface area contributed by atoms with E-state index in [2.05, 4.69) is 10.6 Å². The van der Waals surface area contributed by atoms with E-state index in [4.69, 9.17) is 9.47 Å². The van der Waals surface area contributed by atoms with Gasteiger partial charge in [0.25, 0.3) is 0 Å². The van der Waals surface area contributed by atoms with Crippen molar-refractivity contribution in [1.29, 1.82) is 0 Å². The number of nitrogens with one attached hydrogen (secondary N) is 2. The van der Waals surface area contributed by atoms with Crippen LogP contribution in [0.1, 0.15) is 11.1 Å². The number of carbonyl (C=O) groups excluding carboxylic acids is 1. The Hall–Kier alpha value is -1.91. The average Bonchev–Trinajstić information content (AvgIpc) is 2.39. The van der Waals surface area contributed by atoms with Gasteiger partial charge in [-0.25, -0.2) is 4.79 Å². The molecule has 0 aliphatic rings. The van der Waals surface area contributed by atoms with E-state index in [1.165, 1.54) is 0 Å². The topological polar surface area (TPSA) is 59.6 Å². The van der Waals surface area contributed by atoms with Crippen LogP contribution in [0.5, 0.6) is 11.5 Å². The number of benzene rings is 1. The van der Waals surface area contributed by atoms with Gasteiger partial charge < -0.3 is 20.1 Å². The third kappa shape index (κ3) is 3.55. The van der Waals surface area contributed by atoms with Gasteiger partial charge in [0.1, 0.15) is 11.5 Å². The molecule has 0 fully saturated rings. The van der Waals surface area contributed by atoms with Gasteiger partial charge in [-0.3, -0.25) is 0 Å². The van der Waals surface area contributed by atoms with Crippen LogP contribution in [-0.2, 0) is 6.42 Å². The lowest BCUT2D eigenvalue weighted by Gasteiger charge is -2.13. The summed E-state index contributed by atoms with van der Waals surface area (Å²) in [6.45, 7) is 2.51. The summed E-state index contributed by atoms with van der Waals surface area (Å²) in [5.41, 5.74) is 2.04. The lowest BCUT2D eigenvalue weighted by Crippen LogP contribution is -2.34. The van der Waals surface area contributed by atoms with Gasteiger partial charge in [0.05, 0.1) is 14.2 Å². The maximum atomic E-state index is 11.1. The number of hydrogen-bond acceptors (Lipinski definition) is 3. The highest BCUT2D eigenvalue weighted by molar-refractivity contribution is 5.73. The minimum absolute atomic E-state index is 0.187. The number of rotatable bonds is 5. The Morgan fingerprint density at radius 2 is 1.89 bits per heavy atom. The molecule has 18 heavy (non-hydrogen) atoms. The Morgan fingerprint density at radius 1 is 1.22 bits per heavy atom. The largest absolute Gasteiger partial charge is 0.496 e. The van der Waals surface area contributed by atoms with Gasteiger partial charge in [0.2, 0.25) is 0 Å². The summed E-state index contributed by atoms with van der Waals surface area (Å²) in [4.78, 5) is 11.1. The Balaban J connectivity index is 2.76. The van der Waals surface area contributed by atoms with Crippen LogP contribution in [0.2, 0.25) is 0 Å². The van der Waals surface area contributed by atoms with Crippen LogP contribution in [-0.4, -0.2) is 33.8 Å². The van der Waals surface area contributed by atoms with Crippen molar-refractivity contribution in [2.45, 2.75) is 13.3 Å². The molecule has 0 saturated carbocycles. The summed E-state index contributed by atoms with van der Waals surface area (Å²) in [7, 11) is 4.86. The van der Waals surface area contributed by atoms with E-state index in [1.54, 1.807) is 21.3 Å². The van der Waals surface area contributed by atoms with Crippen LogP contribution in [0, 0.1) is 6.92 Å². The molecule has 1 aromatic carbocycles. The summed E-state index contributed by atoms with van der Waals surface area (Å²) in [6, 6.07) is 3.70. The third-order valence-corrected chi connectivity index (χ3v) is 2.70. The molecule has 0 heterocycles. The molecule has 0 aliphatic carbocycles. The van der Waals surface area contributed by atoms with Gasteiger partial charge in [-0.15, -0.1) is 0 Å². The molecule has 0 aromatic heterocycles. The zero-order chi connectivity index (χ0) is 13.5. The van der Waals surface area contributed by atoms with E-state index >= 15 is 0 Å². The van der Waals surface area contributed by atoms with Crippen LogP contribution in [0.15, 0.2) is 12.1 Å². The van der Waals surface area contributed by atoms with Crippen LogP contribution in [0.25, 0.3) is 0 Å². The molecule has 0 unspecified atom stereocenters. The number of aryl methyl sites for hydroxylation is 1. The van der Waals surface area contributed by atoms with E-state index in [0.29, 0.717) is 13.0 Å². The fraction of sp³-hybridized carbons (Fsp3) is 0.462. The number of hydrogen-bond donors (Lipinski definition) is 2. The minimum atomic E-state index is -0.187. The minimum Gasteiger partial charge on any atom is -0.496 e. The second-order valence-corrected chi connectivity index (χ2v) is 3.89. The molecule has 5 nitrogen and oxygen atoms in total. The first-order valence-corrected chi connectivity index (χ1v) is 5.79. The molecule has 0 saturated heterocycles. The summed E-state index contributed by atoms with van der Waals surface area (Å²) in [6.07, 6.45) is 0.688. The maximum Gasteiger partial charge on any atom is 0.314 e. The van der Waals surface area contributed by atoms with Crippen LogP contribution >= 0.6 is 0 Å². The molecule has 0 bridgehead atoms. The first kappa shape index (κ1) is 14.2. The first-order valence-electron chi connectivity index (χ1n) is 5.79. The fourth-order valence-electron chi connectivity index (χ4n) is 1.71. The number of ether oxygens (including phenoxy) is 2. The molecule has 2 amide bonds. The van der Waals surface area contributed by atoms with Crippen LogP contribution in [0.4, 0.5) is 4.79 Å². The van der Waals surface area contributed by atoms with Crippen molar-refractivity contribution in [2.24, 2.45) is 0 Å². The number of urea groups is 1. The van der Waals surface area contributed by atoms with Gasteiger partial charge >= 0.3 is 6.03 Å². The molecular weight excluding hydrogens is 232 g/mol. The van der Waals surface area contributed by atoms with E-state index in [0.717, 1.165) is 22.6 Å². The molecule has 1 aromatic rings. The summed E-state index contributed by atoms with van der Waals surface area (Å²) in [5.74, 6) is 1.64. The number of methoxy groups -OCH3 is 2. The maximum absolute atomic E-state index is 11.1. The van der Waals surface area contributed by atoms with Crippen molar-refractivity contribution in [3.63, 3.8) is 0 Å². The highest BCUT2D eigenvalue weighted by Gasteiger charge is 2.08. The Bertz CT molecular complexity index is 419. The third-order valence-electron chi connectivity index (χ3n) is 2.70. The zero-order valence-corrected chi connectivity index (χ0v) is 11.3. The van der Waals surface area contributed by atoms with E-state index in [9.17, 15) is 4.79 Å². The average molecular weight is 252 g/mol. The molecule has 0 atom stereocenters. The van der Waals surface area contributed by atoms with Crippen molar-refractivity contribution in [2.75, 3.05) is 27.8 Å².